The highest BCUT2D eigenvalue weighted by atomic mass is 15.3. The van der Waals surface area contributed by atoms with E-state index < -0.39 is 0 Å². The van der Waals surface area contributed by atoms with Crippen LogP contribution in [-0.4, -0.2) is 15.4 Å². The molecule has 1 heterocycles. The van der Waals surface area contributed by atoms with Gasteiger partial charge in [0, 0.05) is 5.92 Å². The summed E-state index contributed by atoms with van der Waals surface area (Å²) in [5, 5.41) is 11.4. The van der Waals surface area contributed by atoms with Crippen LogP contribution in [-0.2, 0) is 0 Å². The van der Waals surface area contributed by atoms with Gasteiger partial charge < -0.3 is 0 Å². The molecule has 0 amide bonds. The fourth-order valence-corrected chi connectivity index (χ4v) is 1.87. The summed E-state index contributed by atoms with van der Waals surface area (Å²) in [4.78, 5) is 0. The lowest BCUT2D eigenvalue weighted by Gasteiger charge is -2.19. The van der Waals surface area contributed by atoms with Crippen molar-refractivity contribution in [2.75, 3.05) is 0 Å². The molecule has 1 aliphatic carbocycles. The van der Waals surface area contributed by atoms with Crippen LogP contribution in [0.2, 0.25) is 0 Å². The van der Waals surface area contributed by atoms with Gasteiger partial charge in [-0.25, -0.2) is 0 Å². The molecule has 0 N–H and O–H groups in total. The van der Waals surface area contributed by atoms with E-state index in [1.807, 2.05) is 6.07 Å². The molecule has 0 aliphatic heterocycles. The summed E-state index contributed by atoms with van der Waals surface area (Å²) in [7, 11) is 0. The van der Waals surface area contributed by atoms with E-state index in [0.29, 0.717) is 5.92 Å². The molecule has 0 bridgehead atoms. The highest BCUT2D eigenvalue weighted by Crippen LogP contribution is 2.30. The van der Waals surface area contributed by atoms with Crippen LogP contribution >= 0.6 is 0 Å². The first-order valence-electron chi connectivity index (χ1n) is 4.61. The molecule has 1 aromatic heterocycles. The smallest absolute Gasteiger partial charge is 0.0695 e. The van der Waals surface area contributed by atoms with Crippen molar-refractivity contribution in [3.63, 3.8) is 0 Å². The quantitative estimate of drug-likeness (QED) is 0.634. The summed E-state index contributed by atoms with van der Waals surface area (Å²) >= 11 is 0. The average molecular weight is 163 g/mol. The third-order valence-corrected chi connectivity index (χ3v) is 2.55. The Morgan fingerprint density at radius 3 is 2.67 bits per heavy atom. The summed E-state index contributed by atoms with van der Waals surface area (Å²) in [6.07, 6.45) is 8.35. The topological polar surface area (TPSA) is 38.7 Å². The predicted molar refractivity (Wildman–Crippen MR) is 45.7 cm³/mol. The van der Waals surface area contributed by atoms with Gasteiger partial charge in [-0.1, -0.05) is 19.3 Å². The van der Waals surface area contributed by atoms with Gasteiger partial charge >= 0.3 is 0 Å². The standard InChI is InChI=1S/C9H13N3/c1-2-4-8(5-3-1)9-6-7-10-12-11-9/h6-8H,1-5H2. The lowest BCUT2D eigenvalue weighted by Crippen LogP contribution is -2.07. The Morgan fingerprint density at radius 2 is 2.00 bits per heavy atom. The molecule has 0 aromatic carbocycles. The van der Waals surface area contributed by atoms with Crippen LogP contribution in [0.25, 0.3) is 0 Å². The summed E-state index contributed by atoms with van der Waals surface area (Å²) in [5.41, 5.74) is 1.13. The van der Waals surface area contributed by atoms with Crippen LogP contribution in [0.1, 0.15) is 43.7 Å². The molecular weight excluding hydrogens is 150 g/mol. The summed E-state index contributed by atoms with van der Waals surface area (Å²) in [6.45, 7) is 0. The van der Waals surface area contributed by atoms with Crippen molar-refractivity contribution in [1.82, 2.24) is 15.4 Å². The first kappa shape index (κ1) is 7.65. The highest BCUT2D eigenvalue weighted by molar-refractivity contribution is 5.04. The van der Waals surface area contributed by atoms with Gasteiger partial charge in [0.1, 0.15) is 0 Å². The number of rotatable bonds is 1. The molecule has 1 fully saturated rings. The Kier molecular flexibility index (Phi) is 2.30. The van der Waals surface area contributed by atoms with Crippen molar-refractivity contribution >= 4 is 0 Å². The zero-order valence-electron chi connectivity index (χ0n) is 7.11. The lowest BCUT2D eigenvalue weighted by atomic mass is 9.87. The number of aromatic nitrogens is 3. The molecule has 0 saturated heterocycles. The SMILES string of the molecule is c1cc(C2CCCCC2)nnn1. The van der Waals surface area contributed by atoms with E-state index in [-0.39, 0.29) is 0 Å². The Balaban J connectivity index is 2.08. The summed E-state index contributed by atoms with van der Waals surface area (Å²) in [6, 6.07) is 1.99. The van der Waals surface area contributed by atoms with Crippen molar-refractivity contribution in [3.8, 4) is 0 Å². The fourth-order valence-electron chi connectivity index (χ4n) is 1.87. The maximum absolute atomic E-state index is 4.04. The van der Waals surface area contributed by atoms with Gasteiger partial charge in [0.05, 0.1) is 11.9 Å². The Morgan fingerprint density at radius 1 is 1.17 bits per heavy atom. The molecule has 0 unspecified atom stereocenters. The van der Waals surface area contributed by atoms with Gasteiger partial charge in [0.25, 0.3) is 0 Å². The predicted octanol–water partition coefficient (Wildman–Crippen LogP) is 1.92. The molecule has 64 valence electrons. The molecule has 3 heteroatoms. The number of hydrogen-bond donors (Lipinski definition) is 0. The third-order valence-electron chi connectivity index (χ3n) is 2.55. The molecular formula is C9H13N3. The Hall–Kier alpha value is -0.990. The van der Waals surface area contributed by atoms with Crippen molar-refractivity contribution < 1.29 is 0 Å². The van der Waals surface area contributed by atoms with Crippen LogP contribution in [0.5, 0.6) is 0 Å². The zero-order chi connectivity index (χ0) is 8.23. The molecule has 1 aliphatic rings. The van der Waals surface area contributed by atoms with E-state index in [2.05, 4.69) is 15.4 Å². The largest absolute Gasteiger partial charge is 0.139 e. The van der Waals surface area contributed by atoms with Crippen molar-refractivity contribution in [1.29, 1.82) is 0 Å². The van der Waals surface area contributed by atoms with E-state index in [0.717, 1.165) is 5.69 Å². The van der Waals surface area contributed by atoms with Crippen molar-refractivity contribution in [3.05, 3.63) is 18.0 Å². The van der Waals surface area contributed by atoms with E-state index in [4.69, 9.17) is 0 Å². The average Bonchev–Trinajstić information content (AvgIpc) is 2.21. The second-order valence-corrected chi connectivity index (χ2v) is 3.38. The minimum atomic E-state index is 0.647. The summed E-state index contributed by atoms with van der Waals surface area (Å²) in [5.74, 6) is 0.647. The lowest BCUT2D eigenvalue weighted by molar-refractivity contribution is 0.432. The minimum absolute atomic E-state index is 0.647. The van der Waals surface area contributed by atoms with Crippen LogP contribution in [0.3, 0.4) is 0 Å². The van der Waals surface area contributed by atoms with Crippen molar-refractivity contribution in [2.45, 2.75) is 38.0 Å². The zero-order valence-corrected chi connectivity index (χ0v) is 7.11. The normalized spacial score (nSPS) is 19.3. The maximum atomic E-state index is 4.04. The minimum Gasteiger partial charge on any atom is -0.139 e. The first-order chi connectivity index (χ1) is 5.97. The maximum Gasteiger partial charge on any atom is 0.0695 e. The van der Waals surface area contributed by atoms with E-state index in [9.17, 15) is 0 Å². The summed E-state index contributed by atoms with van der Waals surface area (Å²) < 4.78 is 0. The van der Waals surface area contributed by atoms with Gasteiger partial charge in [-0.3, -0.25) is 0 Å². The van der Waals surface area contributed by atoms with Crippen LogP contribution in [0, 0.1) is 0 Å². The Labute approximate surface area is 72.2 Å². The van der Waals surface area contributed by atoms with Crippen LogP contribution in [0.15, 0.2) is 12.3 Å². The molecule has 3 nitrogen and oxygen atoms in total. The second kappa shape index (κ2) is 3.61. The van der Waals surface area contributed by atoms with Gasteiger partial charge in [-0.2, -0.15) is 0 Å². The number of hydrogen-bond acceptors (Lipinski definition) is 3. The van der Waals surface area contributed by atoms with Crippen LogP contribution in [0.4, 0.5) is 0 Å². The van der Waals surface area contributed by atoms with Gasteiger partial charge in [-0.05, 0) is 24.1 Å². The van der Waals surface area contributed by atoms with Gasteiger partial charge in [-0.15, -0.1) is 10.2 Å². The molecule has 2 rings (SSSR count). The fraction of sp³-hybridized carbons (Fsp3) is 0.667. The van der Waals surface area contributed by atoms with Gasteiger partial charge in [0.15, 0.2) is 0 Å². The molecule has 12 heavy (non-hydrogen) atoms. The van der Waals surface area contributed by atoms with Crippen molar-refractivity contribution in [2.24, 2.45) is 0 Å². The van der Waals surface area contributed by atoms with E-state index >= 15 is 0 Å². The molecule has 0 atom stereocenters. The van der Waals surface area contributed by atoms with E-state index in [1.165, 1.54) is 32.1 Å². The Bertz CT molecular complexity index is 229. The first-order valence-corrected chi connectivity index (χ1v) is 4.61. The molecule has 1 aromatic rings. The monoisotopic (exact) mass is 163 g/mol. The second-order valence-electron chi connectivity index (χ2n) is 3.38. The van der Waals surface area contributed by atoms with Crippen LogP contribution < -0.4 is 0 Å². The van der Waals surface area contributed by atoms with Gasteiger partial charge in [0.2, 0.25) is 0 Å². The molecule has 0 spiro atoms. The van der Waals surface area contributed by atoms with E-state index in [1.54, 1.807) is 6.20 Å². The number of nitrogens with zero attached hydrogens (tertiary/aromatic N) is 3. The highest BCUT2D eigenvalue weighted by Gasteiger charge is 2.16. The third kappa shape index (κ3) is 1.60. The molecule has 1 saturated carbocycles. The molecule has 0 radical (unpaired) electrons.